The predicted molar refractivity (Wildman–Crippen MR) is 99.8 cm³/mol. The number of para-hydroxylation sites is 1. The normalized spacial score (nSPS) is 10.8. The molecule has 0 aliphatic carbocycles. The molecule has 24 heavy (non-hydrogen) atoms. The van der Waals surface area contributed by atoms with E-state index >= 15 is 0 Å². The Balaban J connectivity index is 1.69. The summed E-state index contributed by atoms with van der Waals surface area (Å²) in [4.78, 5) is 16.2. The van der Waals surface area contributed by atoms with Crippen LogP contribution in [-0.4, -0.2) is 20.7 Å². The first-order valence-electron chi connectivity index (χ1n) is 7.56. The summed E-state index contributed by atoms with van der Waals surface area (Å²) in [6.07, 6.45) is 2.74. The molecule has 1 amide bonds. The number of nitrogens with one attached hydrogen (secondary N) is 1. The maximum absolute atomic E-state index is 12.1. The van der Waals surface area contributed by atoms with Gasteiger partial charge in [0, 0.05) is 12.1 Å². The first-order valence-corrected chi connectivity index (χ1v) is 9.17. The fourth-order valence-electron chi connectivity index (χ4n) is 2.59. The number of hydrogen-bond acceptors (Lipinski definition) is 4. The number of hydrogen-bond donors (Lipinski definition) is 1. The summed E-state index contributed by atoms with van der Waals surface area (Å²) in [5.74, 6) is -0.0388. The number of aromatic nitrogens is 3. The molecule has 7 heteroatoms. The van der Waals surface area contributed by atoms with E-state index in [-0.39, 0.29) is 5.91 Å². The third-order valence-electron chi connectivity index (χ3n) is 3.77. The Bertz CT molecular complexity index is 857. The molecule has 0 spiro atoms. The molecule has 2 heterocycles. The molecule has 2 aromatic heterocycles. The summed E-state index contributed by atoms with van der Waals surface area (Å²) in [5.41, 5.74) is 4.18. The molecule has 0 aliphatic heterocycles. The van der Waals surface area contributed by atoms with Crippen LogP contribution in [0.5, 0.6) is 0 Å². The van der Waals surface area contributed by atoms with Gasteiger partial charge in [0.25, 0.3) is 0 Å². The van der Waals surface area contributed by atoms with Crippen LogP contribution < -0.4 is 5.32 Å². The van der Waals surface area contributed by atoms with E-state index < -0.39 is 0 Å². The Labute approximate surface area is 152 Å². The van der Waals surface area contributed by atoms with Gasteiger partial charge in [0.1, 0.15) is 0 Å². The first-order chi connectivity index (χ1) is 11.5. The highest BCUT2D eigenvalue weighted by molar-refractivity contribution is 9.11. The molecule has 5 nitrogen and oxygen atoms in total. The molecular weight excluding hydrogens is 388 g/mol. The van der Waals surface area contributed by atoms with E-state index in [4.69, 9.17) is 0 Å². The molecule has 0 saturated heterocycles. The van der Waals surface area contributed by atoms with Gasteiger partial charge in [-0.2, -0.15) is 5.10 Å². The van der Waals surface area contributed by atoms with Crippen molar-refractivity contribution in [2.45, 2.75) is 26.7 Å². The molecule has 124 valence electrons. The Morgan fingerprint density at radius 1 is 1.29 bits per heavy atom. The van der Waals surface area contributed by atoms with Gasteiger partial charge in [-0.15, -0.1) is 0 Å². The average Bonchev–Trinajstić information content (AvgIpc) is 3.10. The lowest BCUT2D eigenvalue weighted by Gasteiger charge is -2.05. The Morgan fingerprint density at radius 3 is 2.71 bits per heavy atom. The first kappa shape index (κ1) is 16.9. The van der Waals surface area contributed by atoms with E-state index in [1.807, 2.05) is 48.9 Å². The van der Waals surface area contributed by atoms with E-state index in [1.165, 1.54) is 11.3 Å². The molecule has 0 saturated carbocycles. The topological polar surface area (TPSA) is 59.8 Å². The van der Waals surface area contributed by atoms with Crippen molar-refractivity contribution < 1.29 is 4.79 Å². The van der Waals surface area contributed by atoms with E-state index in [1.54, 1.807) is 6.20 Å². The average molecular weight is 405 g/mol. The van der Waals surface area contributed by atoms with Gasteiger partial charge in [-0.1, -0.05) is 29.5 Å². The van der Waals surface area contributed by atoms with Gasteiger partial charge >= 0.3 is 0 Å². The van der Waals surface area contributed by atoms with Crippen LogP contribution >= 0.6 is 27.3 Å². The third-order valence-corrected chi connectivity index (χ3v) is 5.16. The van der Waals surface area contributed by atoms with Gasteiger partial charge in [0.2, 0.25) is 5.91 Å². The van der Waals surface area contributed by atoms with Gasteiger partial charge in [-0.25, -0.2) is 9.67 Å². The minimum Gasteiger partial charge on any atom is -0.302 e. The van der Waals surface area contributed by atoms with Crippen molar-refractivity contribution in [1.29, 1.82) is 0 Å². The smallest absolute Gasteiger partial charge is 0.226 e. The van der Waals surface area contributed by atoms with Crippen LogP contribution in [0.3, 0.4) is 0 Å². The molecule has 0 radical (unpaired) electrons. The summed E-state index contributed by atoms with van der Waals surface area (Å²) in [5, 5.41) is 8.05. The molecule has 0 unspecified atom stereocenters. The van der Waals surface area contributed by atoms with Crippen molar-refractivity contribution >= 4 is 38.3 Å². The van der Waals surface area contributed by atoms with Crippen molar-refractivity contribution in [1.82, 2.24) is 14.8 Å². The number of nitrogens with zero attached hydrogens (tertiary/aromatic N) is 3. The van der Waals surface area contributed by atoms with Crippen LogP contribution in [-0.2, 0) is 11.2 Å². The number of carbonyl (C=O) groups is 1. The Hall–Kier alpha value is -1.99. The quantitative estimate of drug-likeness (QED) is 0.689. The molecule has 1 aromatic carbocycles. The number of halogens is 1. The summed E-state index contributed by atoms with van der Waals surface area (Å²) in [6.45, 7) is 4.02. The van der Waals surface area contributed by atoms with Crippen LogP contribution in [0.1, 0.15) is 23.4 Å². The minimum absolute atomic E-state index is 0.0388. The fourth-order valence-corrected chi connectivity index (χ4v) is 3.71. The van der Waals surface area contributed by atoms with Gasteiger partial charge in [-0.3, -0.25) is 4.79 Å². The highest BCUT2D eigenvalue weighted by Gasteiger charge is 2.14. The second kappa shape index (κ2) is 7.27. The lowest BCUT2D eigenvalue weighted by Crippen LogP contribution is -2.12. The molecule has 0 bridgehead atoms. The summed E-state index contributed by atoms with van der Waals surface area (Å²) < 4.78 is 2.83. The second-order valence-corrected chi connectivity index (χ2v) is 7.82. The number of benzene rings is 1. The third kappa shape index (κ3) is 3.73. The summed E-state index contributed by atoms with van der Waals surface area (Å²) >= 11 is 4.74. The zero-order valence-electron chi connectivity index (χ0n) is 13.4. The summed E-state index contributed by atoms with van der Waals surface area (Å²) in [6, 6.07) is 10.0. The largest absolute Gasteiger partial charge is 0.302 e. The van der Waals surface area contributed by atoms with E-state index in [0.29, 0.717) is 18.0 Å². The Morgan fingerprint density at radius 2 is 2.04 bits per heavy atom. The predicted octanol–water partition coefficient (Wildman–Crippen LogP) is 4.28. The van der Waals surface area contributed by atoms with Crippen LogP contribution in [0.15, 0.2) is 40.3 Å². The van der Waals surface area contributed by atoms with Crippen LogP contribution in [0.25, 0.3) is 5.69 Å². The lowest BCUT2D eigenvalue weighted by molar-refractivity contribution is -0.116. The molecular formula is C17H17BrN4OS. The standard InChI is InChI=1S/C17H17BrN4OS/c1-11-14(8-9-16(23)20-17-19-10-15(18)24-17)12(2)22(21-11)13-6-4-3-5-7-13/h3-7,10H,8-9H2,1-2H3,(H,19,20,23). The minimum atomic E-state index is -0.0388. The monoisotopic (exact) mass is 404 g/mol. The van der Waals surface area contributed by atoms with Gasteiger partial charge < -0.3 is 5.32 Å². The van der Waals surface area contributed by atoms with Crippen LogP contribution in [0.4, 0.5) is 5.13 Å². The van der Waals surface area contributed by atoms with Crippen LogP contribution in [0, 0.1) is 13.8 Å². The van der Waals surface area contributed by atoms with E-state index in [2.05, 4.69) is 31.3 Å². The van der Waals surface area contributed by atoms with Gasteiger partial charge in [0.05, 0.1) is 21.4 Å². The highest BCUT2D eigenvalue weighted by Crippen LogP contribution is 2.24. The summed E-state index contributed by atoms with van der Waals surface area (Å²) in [7, 11) is 0. The molecule has 1 N–H and O–H groups in total. The highest BCUT2D eigenvalue weighted by atomic mass is 79.9. The molecule has 3 aromatic rings. The zero-order chi connectivity index (χ0) is 17.1. The van der Waals surface area contributed by atoms with Gasteiger partial charge in [-0.05, 0) is 53.9 Å². The van der Waals surface area contributed by atoms with Crippen molar-refractivity contribution in [3.8, 4) is 5.69 Å². The zero-order valence-corrected chi connectivity index (χ0v) is 15.8. The molecule has 3 rings (SSSR count). The maximum atomic E-state index is 12.1. The maximum Gasteiger partial charge on any atom is 0.226 e. The molecule has 0 fully saturated rings. The van der Waals surface area contributed by atoms with Crippen molar-refractivity contribution in [2.75, 3.05) is 5.32 Å². The SMILES string of the molecule is Cc1nn(-c2ccccc2)c(C)c1CCC(=O)Nc1ncc(Br)s1. The van der Waals surface area contributed by atoms with Gasteiger partial charge in [0.15, 0.2) is 5.13 Å². The second-order valence-electron chi connectivity index (χ2n) is 5.41. The number of anilines is 1. The van der Waals surface area contributed by atoms with Crippen molar-refractivity contribution in [2.24, 2.45) is 0 Å². The number of carbonyl (C=O) groups excluding carboxylic acids is 1. The van der Waals surface area contributed by atoms with Crippen LogP contribution in [0.2, 0.25) is 0 Å². The Kier molecular flexibility index (Phi) is 5.11. The van der Waals surface area contributed by atoms with E-state index in [0.717, 1.165) is 26.4 Å². The fraction of sp³-hybridized carbons (Fsp3) is 0.235. The number of thiazole rings is 1. The lowest BCUT2D eigenvalue weighted by atomic mass is 10.1. The number of amides is 1. The van der Waals surface area contributed by atoms with Crippen molar-refractivity contribution in [3.63, 3.8) is 0 Å². The number of aryl methyl sites for hydroxylation is 1. The molecule has 0 atom stereocenters. The molecule has 0 aliphatic rings. The van der Waals surface area contributed by atoms with Crippen molar-refractivity contribution in [3.05, 3.63) is 57.3 Å². The number of rotatable bonds is 5. The van der Waals surface area contributed by atoms with E-state index in [9.17, 15) is 4.79 Å².